The molecule has 0 aliphatic rings. The molecule has 126 valence electrons. The van der Waals surface area contributed by atoms with Gasteiger partial charge in [-0.05, 0) is 12.0 Å². The number of hydrogen-bond donors (Lipinski definition) is 2. The summed E-state index contributed by atoms with van der Waals surface area (Å²) in [5.41, 5.74) is 0.183. The lowest BCUT2D eigenvalue weighted by molar-refractivity contribution is -0.384. The van der Waals surface area contributed by atoms with Crippen molar-refractivity contribution in [2.24, 2.45) is 5.92 Å². The number of anilines is 1. The monoisotopic (exact) mass is 323 g/mol. The van der Waals surface area contributed by atoms with Crippen molar-refractivity contribution >= 4 is 23.3 Å². The van der Waals surface area contributed by atoms with Crippen LogP contribution in [-0.2, 0) is 9.59 Å². The van der Waals surface area contributed by atoms with E-state index in [9.17, 15) is 24.8 Å². The van der Waals surface area contributed by atoms with Crippen LogP contribution >= 0.6 is 0 Å². The molecule has 2 atom stereocenters. The number of carbonyl (C=O) groups is 2. The van der Waals surface area contributed by atoms with Crippen molar-refractivity contribution in [1.82, 2.24) is 5.32 Å². The summed E-state index contributed by atoms with van der Waals surface area (Å²) in [5.74, 6) is -1.81. The zero-order chi connectivity index (χ0) is 17.6. The van der Waals surface area contributed by atoms with Gasteiger partial charge in [-0.15, -0.1) is 0 Å². The number of rotatable bonds is 8. The summed E-state index contributed by atoms with van der Waals surface area (Å²) >= 11 is 0. The first-order valence-corrected chi connectivity index (χ1v) is 7.24. The highest BCUT2D eigenvalue weighted by Gasteiger charge is 2.26. The van der Waals surface area contributed by atoms with E-state index in [0.29, 0.717) is 12.1 Å². The Morgan fingerprint density at radius 2 is 2.00 bits per heavy atom. The molecule has 23 heavy (non-hydrogen) atoms. The summed E-state index contributed by atoms with van der Waals surface area (Å²) in [6.45, 7) is 3.40. The Morgan fingerprint density at radius 1 is 1.39 bits per heavy atom. The van der Waals surface area contributed by atoms with Gasteiger partial charge in [0.2, 0.25) is 5.91 Å². The Kier molecular flexibility index (Phi) is 6.49. The van der Waals surface area contributed by atoms with E-state index in [1.807, 2.05) is 6.92 Å². The topological polar surface area (TPSA) is 113 Å². The van der Waals surface area contributed by atoms with Crippen LogP contribution in [0, 0.1) is 16.0 Å². The van der Waals surface area contributed by atoms with Gasteiger partial charge in [-0.3, -0.25) is 14.9 Å². The van der Waals surface area contributed by atoms with Crippen molar-refractivity contribution in [3.63, 3.8) is 0 Å². The zero-order valence-electron chi connectivity index (χ0n) is 13.4. The van der Waals surface area contributed by atoms with Gasteiger partial charge in [-0.2, -0.15) is 0 Å². The van der Waals surface area contributed by atoms with Crippen LogP contribution in [0.4, 0.5) is 11.4 Å². The van der Waals surface area contributed by atoms with Crippen LogP contribution in [0.25, 0.3) is 0 Å². The van der Waals surface area contributed by atoms with Crippen LogP contribution in [0.15, 0.2) is 24.3 Å². The molecule has 0 spiro atoms. The van der Waals surface area contributed by atoms with Gasteiger partial charge in [-0.1, -0.05) is 32.4 Å². The maximum absolute atomic E-state index is 12.1. The quantitative estimate of drug-likeness (QED) is 0.555. The third kappa shape index (κ3) is 4.94. The number of amides is 1. The van der Waals surface area contributed by atoms with E-state index < -0.39 is 22.8 Å². The van der Waals surface area contributed by atoms with Crippen LogP contribution in [0.3, 0.4) is 0 Å². The second-order valence-corrected chi connectivity index (χ2v) is 5.37. The minimum absolute atomic E-state index is 0.112. The van der Waals surface area contributed by atoms with Crippen molar-refractivity contribution in [2.45, 2.75) is 26.3 Å². The van der Waals surface area contributed by atoms with Gasteiger partial charge < -0.3 is 15.3 Å². The van der Waals surface area contributed by atoms with Gasteiger partial charge in [0.1, 0.15) is 11.7 Å². The molecular formula is C15H21N3O5. The van der Waals surface area contributed by atoms with Crippen molar-refractivity contribution in [1.29, 1.82) is 0 Å². The van der Waals surface area contributed by atoms with Gasteiger partial charge >= 0.3 is 5.97 Å². The Morgan fingerprint density at radius 3 is 2.52 bits per heavy atom. The molecule has 8 nitrogen and oxygen atoms in total. The molecule has 0 saturated carbocycles. The van der Waals surface area contributed by atoms with E-state index in [0.717, 1.165) is 0 Å². The lowest BCUT2D eigenvalue weighted by Crippen LogP contribution is -2.48. The number of benzene rings is 1. The number of likely N-dealkylation sites (N-methyl/N-ethyl adjacent to an activating group) is 1. The third-order valence-corrected chi connectivity index (χ3v) is 3.67. The molecule has 0 aliphatic carbocycles. The highest BCUT2D eigenvalue weighted by Crippen LogP contribution is 2.26. The SMILES string of the molecule is CCC(C)C(NC(=O)CN(C)c1ccccc1[N+](=O)[O-])C(=O)O. The molecule has 1 amide bonds. The number of nitrogens with zero attached hydrogens (tertiary/aromatic N) is 2. The number of aliphatic carboxylic acids is 1. The average molecular weight is 323 g/mol. The number of carbonyl (C=O) groups excluding carboxylic acids is 1. The number of hydrogen-bond acceptors (Lipinski definition) is 5. The highest BCUT2D eigenvalue weighted by atomic mass is 16.6. The molecule has 1 aromatic carbocycles. The van der Waals surface area contributed by atoms with Crippen LogP contribution in [0.2, 0.25) is 0 Å². The summed E-state index contributed by atoms with van der Waals surface area (Å²) in [5, 5.41) is 22.6. The fraction of sp³-hybridized carbons (Fsp3) is 0.467. The van der Waals surface area contributed by atoms with Crippen molar-refractivity contribution in [3.05, 3.63) is 34.4 Å². The zero-order valence-corrected chi connectivity index (χ0v) is 13.4. The summed E-state index contributed by atoms with van der Waals surface area (Å²) in [4.78, 5) is 35.2. The van der Waals surface area contributed by atoms with Gasteiger partial charge in [-0.25, -0.2) is 4.79 Å². The Balaban J connectivity index is 2.81. The predicted octanol–water partition coefficient (Wildman–Crippen LogP) is 1.65. The Labute approximate surface area is 134 Å². The van der Waals surface area contributed by atoms with Gasteiger partial charge in [0.25, 0.3) is 5.69 Å². The van der Waals surface area contributed by atoms with Crippen LogP contribution < -0.4 is 10.2 Å². The fourth-order valence-electron chi connectivity index (χ4n) is 2.14. The molecule has 0 saturated heterocycles. The molecule has 0 heterocycles. The Hall–Kier alpha value is -2.64. The maximum atomic E-state index is 12.1. The number of carboxylic acids is 1. The summed E-state index contributed by atoms with van der Waals surface area (Å²) in [6.07, 6.45) is 0.608. The normalized spacial score (nSPS) is 13.0. The van der Waals surface area contributed by atoms with E-state index in [4.69, 9.17) is 0 Å². The smallest absolute Gasteiger partial charge is 0.326 e. The summed E-state index contributed by atoms with van der Waals surface area (Å²) < 4.78 is 0. The molecule has 8 heteroatoms. The largest absolute Gasteiger partial charge is 0.480 e. The number of carboxylic acid groups (broad SMARTS) is 1. The standard InChI is InChI=1S/C15H21N3O5/c1-4-10(2)14(15(20)21)16-13(19)9-17(3)11-7-5-6-8-12(11)18(22)23/h5-8,10,14H,4,9H2,1-3H3,(H,16,19)(H,20,21). The molecule has 2 unspecified atom stereocenters. The van der Waals surface area contributed by atoms with Gasteiger partial charge in [0, 0.05) is 13.1 Å². The summed E-state index contributed by atoms with van der Waals surface area (Å²) in [6, 6.07) is 5.08. The van der Waals surface area contributed by atoms with Crippen molar-refractivity contribution in [3.8, 4) is 0 Å². The van der Waals surface area contributed by atoms with Crippen LogP contribution in [0.1, 0.15) is 20.3 Å². The van der Waals surface area contributed by atoms with Crippen molar-refractivity contribution < 1.29 is 19.6 Å². The molecule has 2 N–H and O–H groups in total. The lowest BCUT2D eigenvalue weighted by Gasteiger charge is -2.23. The second kappa shape index (κ2) is 8.11. The first-order valence-electron chi connectivity index (χ1n) is 7.24. The van der Waals surface area contributed by atoms with Crippen molar-refractivity contribution in [2.75, 3.05) is 18.5 Å². The summed E-state index contributed by atoms with van der Waals surface area (Å²) in [7, 11) is 1.54. The average Bonchev–Trinajstić information content (AvgIpc) is 2.51. The predicted molar refractivity (Wildman–Crippen MR) is 85.4 cm³/mol. The third-order valence-electron chi connectivity index (χ3n) is 3.67. The molecule has 0 fully saturated rings. The first kappa shape index (κ1) is 18.4. The molecule has 0 bridgehead atoms. The first-order chi connectivity index (χ1) is 10.8. The van der Waals surface area contributed by atoms with Crippen LogP contribution in [0.5, 0.6) is 0 Å². The van der Waals surface area contributed by atoms with E-state index in [1.165, 1.54) is 17.0 Å². The maximum Gasteiger partial charge on any atom is 0.326 e. The number of nitro groups is 1. The molecule has 1 rings (SSSR count). The minimum atomic E-state index is -1.10. The van der Waals surface area contributed by atoms with E-state index in [1.54, 1.807) is 26.1 Å². The fourth-order valence-corrected chi connectivity index (χ4v) is 2.14. The Bertz CT molecular complexity index is 590. The number of para-hydroxylation sites is 2. The molecule has 1 aromatic rings. The number of nitro benzene ring substituents is 1. The number of nitrogens with one attached hydrogen (secondary N) is 1. The van der Waals surface area contributed by atoms with Crippen LogP contribution in [-0.4, -0.2) is 41.5 Å². The molecular weight excluding hydrogens is 302 g/mol. The van der Waals surface area contributed by atoms with Gasteiger partial charge in [0.05, 0.1) is 11.5 Å². The van der Waals surface area contributed by atoms with Gasteiger partial charge in [0.15, 0.2) is 0 Å². The van der Waals surface area contributed by atoms with E-state index in [-0.39, 0.29) is 18.2 Å². The van der Waals surface area contributed by atoms with E-state index in [2.05, 4.69) is 5.32 Å². The molecule has 0 aromatic heterocycles. The van der Waals surface area contributed by atoms with E-state index >= 15 is 0 Å². The second-order valence-electron chi connectivity index (χ2n) is 5.37. The minimum Gasteiger partial charge on any atom is -0.480 e. The highest BCUT2D eigenvalue weighted by molar-refractivity contribution is 5.87. The molecule has 0 radical (unpaired) electrons. The molecule has 0 aliphatic heterocycles. The lowest BCUT2D eigenvalue weighted by atomic mass is 9.99.